The minimum atomic E-state index is -0.399. The molecule has 1 atom stereocenters. The Bertz CT molecular complexity index is 581. The maximum Gasteiger partial charge on any atom is 0.219 e. The van der Waals surface area contributed by atoms with Crippen molar-refractivity contribution in [1.29, 1.82) is 0 Å². The van der Waals surface area contributed by atoms with Gasteiger partial charge in [0.2, 0.25) is 5.91 Å². The lowest BCUT2D eigenvalue weighted by molar-refractivity contribution is -0.118. The van der Waals surface area contributed by atoms with Crippen molar-refractivity contribution in [3.8, 4) is 11.1 Å². The summed E-state index contributed by atoms with van der Waals surface area (Å²) in [6.07, 6.45) is 0.143. The van der Waals surface area contributed by atoms with Crippen molar-refractivity contribution in [2.75, 3.05) is 0 Å². The average Bonchev–Trinajstić information content (AvgIpc) is 2.39. The van der Waals surface area contributed by atoms with E-state index in [0.717, 1.165) is 16.7 Å². The first kappa shape index (κ1) is 13.6. The fourth-order valence-corrected chi connectivity index (χ4v) is 2.05. The van der Waals surface area contributed by atoms with E-state index in [9.17, 15) is 4.79 Å². The van der Waals surface area contributed by atoms with Crippen molar-refractivity contribution in [1.82, 2.24) is 0 Å². The molecular weight excluding hydrogens is 260 g/mol. The summed E-state index contributed by atoms with van der Waals surface area (Å²) in [7, 11) is 0. The highest BCUT2D eigenvalue weighted by atomic mass is 35.5. The van der Waals surface area contributed by atoms with Crippen LogP contribution in [0.5, 0.6) is 0 Å². The second kappa shape index (κ2) is 5.87. The predicted molar refractivity (Wildman–Crippen MR) is 77.6 cm³/mol. The lowest BCUT2D eigenvalue weighted by Gasteiger charge is -2.11. The molecule has 0 bridgehead atoms. The first-order chi connectivity index (χ1) is 9.06. The third-order valence-corrected chi connectivity index (χ3v) is 3.17. The summed E-state index contributed by atoms with van der Waals surface area (Å²) in [5.74, 6) is -0.399. The lowest BCUT2D eigenvalue weighted by Crippen LogP contribution is -2.20. The molecule has 0 fully saturated rings. The van der Waals surface area contributed by atoms with E-state index in [-0.39, 0.29) is 12.5 Å². The molecule has 2 aromatic carbocycles. The molecule has 3 nitrogen and oxygen atoms in total. The van der Waals surface area contributed by atoms with Crippen molar-refractivity contribution in [2.24, 2.45) is 11.5 Å². The van der Waals surface area contributed by atoms with Crippen LogP contribution in [0.3, 0.4) is 0 Å². The van der Waals surface area contributed by atoms with E-state index >= 15 is 0 Å². The minimum absolute atomic E-state index is 0.143. The Balaban J connectivity index is 2.28. The van der Waals surface area contributed by atoms with E-state index in [4.69, 9.17) is 23.1 Å². The van der Waals surface area contributed by atoms with Crippen LogP contribution >= 0.6 is 11.6 Å². The summed E-state index contributed by atoms with van der Waals surface area (Å²) in [5.41, 5.74) is 14.1. The van der Waals surface area contributed by atoms with Crippen molar-refractivity contribution >= 4 is 17.5 Å². The molecule has 1 amide bonds. The van der Waals surface area contributed by atoms with Gasteiger partial charge in [-0.2, -0.15) is 0 Å². The van der Waals surface area contributed by atoms with Gasteiger partial charge in [-0.3, -0.25) is 4.79 Å². The largest absolute Gasteiger partial charge is 0.370 e. The lowest BCUT2D eigenvalue weighted by atomic mass is 9.98. The van der Waals surface area contributed by atoms with E-state index in [1.54, 1.807) is 0 Å². The van der Waals surface area contributed by atoms with Crippen LogP contribution in [0, 0.1) is 0 Å². The SMILES string of the molecule is NC(=O)CC(N)c1cccc(-c2ccc(Cl)cc2)c1. The minimum Gasteiger partial charge on any atom is -0.370 e. The van der Waals surface area contributed by atoms with Gasteiger partial charge in [0.1, 0.15) is 0 Å². The normalized spacial score (nSPS) is 12.1. The Morgan fingerprint density at radius 2 is 1.79 bits per heavy atom. The zero-order chi connectivity index (χ0) is 13.8. The quantitative estimate of drug-likeness (QED) is 0.900. The summed E-state index contributed by atoms with van der Waals surface area (Å²) in [6.45, 7) is 0. The Labute approximate surface area is 117 Å². The summed E-state index contributed by atoms with van der Waals surface area (Å²) >= 11 is 5.87. The number of nitrogens with two attached hydrogens (primary N) is 2. The molecule has 0 saturated heterocycles. The van der Waals surface area contributed by atoms with Crippen LogP contribution in [0.4, 0.5) is 0 Å². The monoisotopic (exact) mass is 274 g/mol. The first-order valence-corrected chi connectivity index (χ1v) is 6.34. The maximum atomic E-state index is 10.9. The number of rotatable bonds is 4. The van der Waals surface area contributed by atoms with E-state index in [2.05, 4.69) is 0 Å². The van der Waals surface area contributed by atoms with Crippen LogP contribution < -0.4 is 11.5 Å². The number of carbonyl (C=O) groups excluding carboxylic acids is 1. The summed E-state index contributed by atoms with van der Waals surface area (Å²) < 4.78 is 0. The van der Waals surface area contributed by atoms with Gasteiger partial charge in [-0.15, -0.1) is 0 Å². The molecule has 0 aliphatic heterocycles. The molecule has 0 aliphatic rings. The van der Waals surface area contributed by atoms with Gasteiger partial charge in [0.15, 0.2) is 0 Å². The molecule has 0 aromatic heterocycles. The molecular formula is C15H15ClN2O. The second-order valence-electron chi connectivity index (χ2n) is 4.41. The van der Waals surface area contributed by atoms with E-state index < -0.39 is 5.91 Å². The van der Waals surface area contributed by atoms with Crippen molar-refractivity contribution in [2.45, 2.75) is 12.5 Å². The second-order valence-corrected chi connectivity index (χ2v) is 4.85. The molecule has 4 heteroatoms. The maximum absolute atomic E-state index is 10.9. The summed E-state index contributed by atoms with van der Waals surface area (Å²) in [6, 6.07) is 15.0. The van der Waals surface area contributed by atoms with Gasteiger partial charge in [-0.1, -0.05) is 41.9 Å². The van der Waals surface area contributed by atoms with E-state index in [0.29, 0.717) is 5.02 Å². The smallest absolute Gasteiger partial charge is 0.219 e. The number of halogens is 1. The number of primary amides is 1. The average molecular weight is 275 g/mol. The molecule has 0 aliphatic carbocycles. The highest BCUT2D eigenvalue weighted by molar-refractivity contribution is 6.30. The molecule has 0 spiro atoms. The van der Waals surface area contributed by atoms with Gasteiger partial charge in [0.25, 0.3) is 0 Å². The number of benzene rings is 2. The predicted octanol–water partition coefficient (Wildman–Crippen LogP) is 2.88. The molecule has 4 N–H and O–H groups in total. The molecule has 19 heavy (non-hydrogen) atoms. The molecule has 2 rings (SSSR count). The molecule has 98 valence electrons. The zero-order valence-electron chi connectivity index (χ0n) is 10.3. The highest BCUT2D eigenvalue weighted by Crippen LogP contribution is 2.24. The van der Waals surface area contributed by atoms with Gasteiger partial charge >= 0.3 is 0 Å². The standard InChI is InChI=1S/C15H15ClN2O/c16-13-6-4-10(5-7-13)11-2-1-3-12(8-11)14(17)9-15(18)19/h1-8,14H,9,17H2,(H2,18,19). The Kier molecular flexibility index (Phi) is 4.20. The van der Waals surface area contributed by atoms with Crippen molar-refractivity contribution < 1.29 is 4.79 Å². The third-order valence-electron chi connectivity index (χ3n) is 2.91. The molecule has 1 unspecified atom stereocenters. The Hall–Kier alpha value is -1.84. The number of hydrogen-bond donors (Lipinski definition) is 2. The Morgan fingerprint density at radius 1 is 1.11 bits per heavy atom. The van der Waals surface area contributed by atoms with Crippen molar-refractivity contribution in [3.05, 3.63) is 59.1 Å². The Morgan fingerprint density at radius 3 is 2.42 bits per heavy atom. The van der Waals surface area contributed by atoms with Crippen LogP contribution in [0.15, 0.2) is 48.5 Å². The molecule has 2 aromatic rings. The van der Waals surface area contributed by atoms with Crippen LogP contribution in [-0.2, 0) is 4.79 Å². The van der Waals surface area contributed by atoms with Crippen LogP contribution in [0.2, 0.25) is 5.02 Å². The number of hydrogen-bond acceptors (Lipinski definition) is 2. The van der Waals surface area contributed by atoms with Crippen molar-refractivity contribution in [3.63, 3.8) is 0 Å². The van der Waals surface area contributed by atoms with E-state index in [1.165, 1.54) is 0 Å². The van der Waals surface area contributed by atoms with Gasteiger partial charge in [-0.25, -0.2) is 0 Å². The topological polar surface area (TPSA) is 69.1 Å². The van der Waals surface area contributed by atoms with Crippen LogP contribution in [-0.4, -0.2) is 5.91 Å². The molecule has 0 saturated carbocycles. The number of carbonyl (C=O) groups is 1. The molecule has 0 heterocycles. The van der Waals surface area contributed by atoms with Crippen LogP contribution in [0.25, 0.3) is 11.1 Å². The van der Waals surface area contributed by atoms with Gasteiger partial charge in [0, 0.05) is 17.5 Å². The number of amides is 1. The first-order valence-electron chi connectivity index (χ1n) is 5.96. The van der Waals surface area contributed by atoms with Gasteiger partial charge in [-0.05, 0) is 34.9 Å². The zero-order valence-corrected chi connectivity index (χ0v) is 11.1. The fraction of sp³-hybridized carbons (Fsp3) is 0.133. The highest BCUT2D eigenvalue weighted by Gasteiger charge is 2.10. The fourth-order valence-electron chi connectivity index (χ4n) is 1.93. The third kappa shape index (κ3) is 3.56. The summed E-state index contributed by atoms with van der Waals surface area (Å²) in [4.78, 5) is 10.9. The molecule has 0 radical (unpaired) electrons. The summed E-state index contributed by atoms with van der Waals surface area (Å²) in [5, 5.41) is 0.699. The van der Waals surface area contributed by atoms with E-state index in [1.807, 2.05) is 48.5 Å². The van der Waals surface area contributed by atoms with Gasteiger partial charge < -0.3 is 11.5 Å². The van der Waals surface area contributed by atoms with Gasteiger partial charge in [0.05, 0.1) is 0 Å². The van der Waals surface area contributed by atoms with Crippen LogP contribution in [0.1, 0.15) is 18.0 Å².